The molecular weight excluding hydrogens is 278 g/mol. The second kappa shape index (κ2) is 8.80. The average molecular weight is 308 g/mol. The highest BCUT2D eigenvalue weighted by Gasteiger charge is 2.18. The van der Waals surface area contributed by atoms with Crippen LogP contribution in [0, 0.1) is 0 Å². The van der Waals surface area contributed by atoms with Gasteiger partial charge in [0.05, 0.1) is 0 Å². The first-order valence-corrected chi connectivity index (χ1v) is 9.13. The van der Waals surface area contributed by atoms with Gasteiger partial charge in [0.1, 0.15) is 0 Å². The molecule has 1 aliphatic rings. The van der Waals surface area contributed by atoms with Crippen LogP contribution in [0.5, 0.6) is 0 Å². The molecule has 0 spiro atoms. The molecule has 0 radical (unpaired) electrons. The number of aryl methyl sites for hydroxylation is 1. The molecule has 0 aliphatic heterocycles. The quantitative estimate of drug-likeness (QED) is 0.628. The lowest BCUT2D eigenvalue weighted by Gasteiger charge is -2.23. The van der Waals surface area contributed by atoms with Crippen molar-refractivity contribution in [2.24, 2.45) is 0 Å². The summed E-state index contributed by atoms with van der Waals surface area (Å²) in [5.74, 6) is 0.705. The summed E-state index contributed by atoms with van der Waals surface area (Å²) >= 11 is 6.55. The Balaban J connectivity index is 1.89. The SMILES string of the molecule is CCN(CC)CCCc1ccc(C2CCCCC2)c(Cl)c1. The summed E-state index contributed by atoms with van der Waals surface area (Å²) in [6.45, 7) is 7.96. The average Bonchev–Trinajstić information content (AvgIpc) is 2.52. The van der Waals surface area contributed by atoms with Crippen molar-refractivity contribution in [1.29, 1.82) is 0 Å². The molecule has 1 nitrogen and oxygen atoms in total. The van der Waals surface area contributed by atoms with Crippen molar-refractivity contribution in [3.8, 4) is 0 Å². The van der Waals surface area contributed by atoms with E-state index in [0.29, 0.717) is 5.92 Å². The monoisotopic (exact) mass is 307 g/mol. The number of rotatable bonds is 7. The fourth-order valence-corrected chi connectivity index (χ4v) is 3.87. The molecule has 1 fully saturated rings. The van der Waals surface area contributed by atoms with Gasteiger partial charge >= 0.3 is 0 Å². The van der Waals surface area contributed by atoms with Crippen molar-refractivity contribution in [1.82, 2.24) is 4.90 Å². The van der Waals surface area contributed by atoms with Crippen molar-refractivity contribution >= 4 is 11.6 Å². The summed E-state index contributed by atoms with van der Waals surface area (Å²) in [5, 5.41) is 1.00. The second-order valence-electron chi connectivity index (χ2n) is 6.32. The van der Waals surface area contributed by atoms with E-state index in [-0.39, 0.29) is 0 Å². The van der Waals surface area contributed by atoms with Gasteiger partial charge < -0.3 is 4.90 Å². The molecule has 0 atom stereocenters. The third-order valence-electron chi connectivity index (χ3n) is 4.94. The predicted octanol–water partition coefficient (Wildman–Crippen LogP) is 5.66. The molecular formula is C19H30ClN. The fraction of sp³-hybridized carbons (Fsp3) is 0.684. The zero-order valence-corrected chi connectivity index (χ0v) is 14.5. The van der Waals surface area contributed by atoms with Crippen LogP contribution < -0.4 is 0 Å². The molecule has 1 aromatic carbocycles. The second-order valence-corrected chi connectivity index (χ2v) is 6.73. The van der Waals surface area contributed by atoms with E-state index in [0.717, 1.165) is 24.5 Å². The van der Waals surface area contributed by atoms with Crippen LogP contribution in [0.2, 0.25) is 5.02 Å². The predicted molar refractivity (Wildman–Crippen MR) is 93.4 cm³/mol. The van der Waals surface area contributed by atoms with Crippen LogP contribution in [0.1, 0.15) is 69.4 Å². The molecule has 118 valence electrons. The molecule has 1 aromatic rings. The molecule has 1 aliphatic carbocycles. The van der Waals surface area contributed by atoms with Crippen LogP contribution in [0.3, 0.4) is 0 Å². The molecule has 0 amide bonds. The molecule has 0 bridgehead atoms. The number of halogens is 1. The molecule has 0 unspecified atom stereocenters. The van der Waals surface area contributed by atoms with Crippen LogP contribution in [-0.2, 0) is 6.42 Å². The first-order valence-electron chi connectivity index (χ1n) is 8.75. The van der Waals surface area contributed by atoms with Crippen LogP contribution in [-0.4, -0.2) is 24.5 Å². The third kappa shape index (κ3) is 5.00. The summed E-state index contributed by atoms with van der Waals surface area (Å²) in [5.41, 5.74) is 2.79. The van der Waals surface area contributed by atoms with E-state index in [1.54, 1.807) is 0 Å². The smallest absolute Gasteiger partial charge is 0.0443 e. The molecule has 0 heterocycles. The lowest BCUT2D eigenvalue weighted by atomic mass is 9.84. The van der Waals surface area contributed by atoms with Crippen molar-refractivity contribution in [3.05, 3.63) is 34.3 Å². The van der Waals surface area contributed by atoms with Gasteiger partial charge in [0.15, 0.2) is 0 Å². The minimum absolute atomic E-state index is 0.705. The van der Waals surface area contributed by atoms with E-state index < -0.39 is 0 Å². The molecule has 2 heteroatoms. The van der Waals surface area contributed by atoms with Gasteiger partial charge in [-0.25, -0.2) is 0 Å². The minimum Gasteiger partial charge on any atom is -0.304 e. The Morgan fingerprint density at radius 3 is 2.43 bits per heavy atom. The summed E-state index contributed by atoms with van der Waals surface area (Å²) in [7, 11) is 0. The number of nitrogens with zero attached hydrogens (tertiary/aromatic N) is 1. The summed E-state index contributed by atoms with van der Waals surface area (Å²) in [6, 6.07) is 6.82. The van der Waals surface area contributed by atoms with Crippen LogP contribution >= 0.6 is 11.6 Å². The maximum Gasteiger partial charge on any atom is 0.0443 e. The molecule has 0 aromatic heterocycles. The highest BCUT2D eigenvalue weighted by molar-refractivity contribution is 6.31. The Morgan fingerprint density at radius 1 is 1.10 bits per heavy atom. The Labute approximate surface area is 135 Å². The van der Waals surface area contributed by atoms with E-state index in [1.165, 1.54) is 56.2 Å². The summed E-state index contributed by atoms with van der Waals surface area (Å²) in [4.78, 5) is 2.48. The standard InChI is InChI=1S/C19H30ClN/c1-3-21(4-2)14-8-9-16-12-13-18(19(20)15-16)17-10-6-5-7-11-17/h12-13,15,17H,3-11,14H2,1-2H3. The summed E-state index contributed by atoms with van der Waals surface area (Å²) in [6.07, 6.45) is 9.14. The van der Waals surface area contributed by atoms with Gasteiger partial charge in [-0.3, -0.25) is 0 Å². The molecule has 0 saturated heterocycles. The van der Waals surface area contributed by atoms with Gasteiger partial charge in [-0.1, -0.05) is 56.8 Å². The molecule has 21 heavy (non-hydrogen) atoms. The molecule has 2 rings (SSSR count). The van der Waals surface area contributed by atoms with Gasteiger partial charge in [-0.05, 0) is 68.4 Å². The van der Waals surface area contributed by atoms with Gasteiger partial charge in [0, 0.05) is 5.02 Å². The van der Waals surface area contributed by atoms with Crippen LogP contribution in [0.4, 0.5) is 0 Å². The van der Waals surface area contributed by atoms with E-state index in [4.69, 9.17) is 11.6 Å². The highest BCUT2D eigenvalue weighted by Crippen LogP contribution is 2.36. The maximum absolute atomic E-state index is 6.55. The van der Waals surface area contributed by atoms with Gasteiger partial charge in [0.25, 0.3) is 0 Å². The zero-order chi connectivity index (χ0) is 15.1. The minimum atomic E-state index is 0.705. The van der Waals surface area contributed by atoms with Gasteiger partial charge in [-0.2, -0.15) is 0 Å². The third-order valence-corrected chi connectivity index (χ3v) is 5.27. The molecule has 1 saturated carbocycles. The zero-order valence-electron chi connectivity index (χ0n) is 13.7. The van der Waals surface area contributed by atoms with Crippen molar-refractivity contribution in [2.45, 2.75) is 64.7 Å². The van der Waals surface area contributed by atoms with Crippen LogP contribution in [0.25, 0.3) is 0 Å². The maximum atomic E-state index is 6.55. The number of hydrogen-bond donors (Lipinski definition) is 0. The lowest BCUT2D eigenvalue weighted by molar-refractivity contribution is 0.300. The van der Waals surface area contributed by atoms with Gasteiger partial charge in [-0.15, -0.1) is 0 Å². The topological polar surface area (TPSA) is 3.24 Å². The number of hydrogen-bond acceptors (Lipinski definition) is 1. The summed E-state index contributed by atoms with van der Waals surface area (Å²) < 4.78 is 0. The van der Waals surface area contributed by atoms with Crippen molar-refractivity contribution in [3.63, 3.8) is 0 Å². The van der Waals surface area contributed by atoms with E-state index in [9.17, 15) is 0 Å². The lowest BCUT2D eigenvalue weighted by Crippen LogP contribution is -2.24. The fourth-order valence-electron chi connectivity index (χ4n) is 3.52. The first kappa shape index (κ1) is 16.8. The van der Waals surface area contributed by atoms with Crippen molar-refractivity contribution in [2.75, 3.05) is 19.6 Å². The Bertz CT molecular complexity index is 420. The Kier molecular flexibility index (Phi) is 7.06. The highest BCUT2D eigenvalue weighted by atomic mass is 35.5. The number of benzene rings is 1. The van der Waals surface area contributed by atoms with Crippen LogP contribution in [0.15, 0.2) is 18.2 Å². The van der Waals surface area contributed by atoms with Crippen molar-refractivity contribution < 1.29 is 0 Å². The largest absolute Gasteiger partial charge is 0.304 e. The Hall–Kier alpha value is -0.530. The van der Waals surface area contributed by atoms with Gasteiger partial charge in [0.2, 0.25) is 0 Å². The van der Waals surface area contributed by atoms with E-state index in [2.05, 4.69) is 36.9 Å². The van der Waals surface area contributed by atoms with E-state index >= 15 is 0 Å². The van der Waals surface area contributed by atoms with E-state index in [1.807, 2.05) is 0 Å². The Morgan fingerprint density at radius 2 is 1.81 bits per heavy atom. The molecule has 0 N–H and O–H groups in total. The normalized spacial score (nSPS) is 16.6. The first-order chi connectivity index (χ1) is 10.2.